The Kier molecular flexibility index (Phi) is 5.57. The van der Waals surface area contributed by atoms with Gasteiger partial charge in [0.25, 0.3) is 0 Å². The molecule has 0 radical (unpaired) electrons. The number of ether oxygens (including phenoxy) is 1. The van der Waals surface area contributed by atoms with Crippen LogP contribution in [0.15, 0.2) is 24.3 Å². The molecular formula is C16H25NO3. The van der Waals surface area contributed by atoms with E-state index in [2.05, 4.69) is 0 Å². The van der Waals surface area contributed by atoms with Crippen molar-refractivity contribution in [3.05, 3.63) is 29.8 Å². The molecule has 0 aliphatic heterocycles. The molecule has 0 saturated heterocycles. The van der Waals surface area contributed by atoms with E-state index in [1.807, 2.05) is 31.2 Å². The van der Waals surface area contributed by atoms with Gasteiger partial charge in [-0.05, 0) is 31.4 Å². The third-order valence-corrected chi connectivity index (χ3v) is 3.20. The molecule has 0 aromatic heterocycles. The average molecular weight is 279 g/mol. The number of methoxy groups -OCH3 is 1. The van der Waals surface area contributed by atoms with E-state index in [0.29, 0.717) is 13.0 Å². The van der Waals surface area contributed by atoms with Crippen LogP contribution in [0.25, 0.3) is 0 Å². The van der Waals surface area contributed by atoms with Crippen LogP contribution in [0.1, 0.15) is 38.7 Å². The van der Waals surface area contributed by atoms with Gasteiger partial charge in [-0.1, -0.05) is 25.1 Å². The van der Waals surface area contributed by atoms with Crippen molar-refractivity contribution in [2.24, 2.45) is 0 Å². The third-order valence-electron chi connectivity index (χ3n) is 3.20. The quantitative estimate of drug-likeness (QED) is 0.870. The largest absolute Gasteiger partial charge is 0.496 e. The summed E-state index contributed by atoms with van der Waals surface area (Å²) in [5.41, 5.74) is 0.151. The lowest BCUT2D eigenvalue weighted by atomic mass is 9.96. The van der Waals surface area contributed by atoms with E-state index >= 15 is 0 Å². The number of aliphatic hydroxyl groups is 1. The van der Waals surface area contributed by atoms with Gasteiger partial charge in [-0.15, -0.1) is 0 Å². The number of rotatable bonds is 6. The van der Waals surface area contributed by atoms with Crippen LogP contribution < -0.4 is 4.74 Å². The lowest BCUT2D eigenvalue weighted by Crippen LogP contribution is -2.40. The van der Waals surface area contributed by atoms with Crippen LogP contribution in [0.2, 0.25) is 0 Å². The molecule has 1 aromatic carbocycles. The van der Waals surface area contributed by atoms with Gasteiger partial charge in [-0.3, -0.25) is 4.79 Å². The maximum atomic E-state index is 12.2. The molecule has 0 fully saturated rings. The van der Waals surface area contributed by atoms with Crippen LogP contribution in [0, 0.1) is 0 Å². The van der Waals surface area contributed by atoms with Gasteiger partial charge in [-0.2, -0.15) is 0 Å². The summed E-state index contributed by atoms with van der Waals surface area (Å²) < 4.78 is 5.32. The summed E-state index contributed by atoms with van der Waals surface area (Å²) in [4.78, 5) is 13.8. The smallest absolute Gasteiger partial charge is 0.223 e. The van der Waals surface area contributed by atoms with Crippen molar-refractivity contribution in [1.29, 1.82) is 0 Å². The summed E-state index contributed by atoms with van der Waals surface area (Å²) in [7, 11) is 3.35. The maximum Gasteiger partial charge on any atom is 0.223 e. The van der Waals surface area contributed by atoms with Gasteiger partial charge in [0.05, 0.1) is 12.7 Å². The second-order valence-corrected chi connectivity index (χ2v) is 5.91. The highest BCUT2D eigenvalue weighted by Crippen LogP contribution is 2.28. The molecule has 1 aromatic rings. The molecular weight excluding hydrogens is 254 g/mol. The van der Waals surface area contributed by atoms with Crippen LogP contribution >= 0.6 is 0 Å². The summed E-state index contributed by atoms with van der Waals surface area (Å²) in [6.07, 6.45) is 0.396. The lowest BCUT2D eigenvalue weighted by molar-refractivity contribution is -0.132. The van der Waals surface area contributed by atoms with Crippen molar-refractivity contribution in [2.75, 3.05) is 20.7 Å². The maximum absolute atomic E-state index is 12.2. The van der Waals surface area contributed by atoms with Crippen LogP contribution in [0.3, 0.4) is 0 Å². The molecule has 1 N–H and O–H groups in total. The number of hydrogen-bond donors (Lipinski definition) is 1. The van der Waals surface area contributed by atoms with Crippen LogP contribution in [0.5, 0.6) is 5.75 Å². The molecule has 0 heterocycles. The van der Waals surface area contributed by atoms with E-state index in [1.165, 1.54) is 0 Å². The minimum absolute atomic E-state index is 0.0190. The van der Waals surface area contributed by atoms with Crippen molar-refractivity contribution < 1.29 is 14.6 Å². The number of likely N-dealkylation sites (N-methyl/N-ethyl adjacent to an activating group) is 1. The molecule has 4 nitrogen and oxygen atoms in total. The fraction of sp³-hybridized carbons (Fsp3) is 0.562. The Hall–Kier alpha value is -1.55. The normalized spacial score (nSPS) is 12.9. The van der Waals surface area contributed by atoms with Crippen LogP contribution in [-0.4, -0.2) is 42.2 Å². The van der Waals surface area contributed by atoms with Crippen molar-refractivity contribution in [3.8, 4) is 5.75 Å². The molecule has 1 rings (SSSR count). The average Bonchev–Trinajstić information content (AvgIpc) is 2.36. The Labute approximate surface area is 121 Å². The van der Waals surface area contributed by atoms with E-state index in [4.69, 9.17) is 4.74 Å². The third kappa shape index (κ3) is 4.85. The Morgan fingerprint density at radius 3 is 2.55 bits per heavy atom. The Balaban J connectivity index is 2.70. The fourth-order valence-corrected chi connectivity index (χ4v) is 2.27. The predicted molar refractivity (Wildman–Crippen MR) is 80.0 cm³/mol. The van der Waals surface area contributed by atoms with Crippen molar-refractivity contribution in [2.45, 2.75) is 38.7 Å². The zero-order valence-electron chi connectivity index (χ0n) is 13.0. The monoisotopic (exact) mass is 279 g/mol. The van der Waals surface area contributed by atoms with Gasteiger partial charge in [0.15, 0.2) is 0 Å². The van der Waals surface area contributed by atoms with E-state index in [0.717, 1.165) is 11.3 Å². The van der Waals surface area contributed by atoms with Gasteiger partial charge in [0.2, 0.25) is 5.91 Å². The van der Waals surface area contributed by atoms with E-state index in [9.17, 15) is 9.90 Å². The standard InChI is InChI=1S/C16H25NO3/c1-12(13-8-6-7-9-14(13)20-5)10-15(18)17(4)11-16(2,3)19/h6-9,12,19H,10-11H2,1-5H3. The van der Waals surface area contributed by atoms with Crippen molar-refractivity contribution >= 4 is 5.91 Å². The Morgan fingerprint density at radius 1 is 1.40 bits per heavy atom. The predicted octanol–water partition coefficient (Wildman–Crippen LogP) is 2.42. The minimum atomic E-state index is -0.877. The summed E-state index contributed by atoms with van der Waals surface area (Å²) in [5.74, 6) is 0.895. The summed E-state index contributed by atoms with van der Waals surface area (Å²) in [5, 5.41) is 9.76. The second-order valence-electron chi connectivity index (χ2n) is 5.91. The molecule has 0 bridgehead atoms. The summed E-state index contributed by atoms with van der Waals surface area (Å²) >= 11 is 0. The highest BCUT2D eigenvalue weighted by Gasteiger charge is 2.22. The molecule has 112 valence electrons. The SMILES string of the molecule is COc1ccccc1C(C)CC(=O)N(C)CC(C)(C)O. The first-order valence-corrected chi connectivity index (χ1v) is 6.84. The summed E-state index contributed by atoms with van der Waals surface area (Å²) in [6.45, 7) is 5.72. The molecule has 0 saturated carbocycles. The minimum Gasteiger partial charge on any atom is -0.496 e. The van der Waals surface area contributed by atoms with Gasteiger partial charge >= 0.3 is 0 Å². The van der Waals surface area contributed by atoms with Crippen LogP contribution in [0.4, 0.5) is 0 Å². The second kappa shape index (κ2) is 6.75. The first kappa shape index (κ1) is 16.5. The molecule has 20 heavy (non-hydrogen) atoms. The van der Waals surface area contributed by atoms with E-state index in [1.54, 1.807) is 32.9 Å². The zero-order valence-corrected chi connectivity index (χ0v) is 13.0. The van der Waals surface area contributed by atoms with Gasteiger partial charge in [-0.25, -0.2) is 0 Å². The number of benzene rings is 1. The molecule has 0 aliphatic rings. The van der Waals surface area contributed by atoms with Crippen molar-refractivity contribution in [1.82, 2.24) is 4.90 Å². The molecule has 1 amide bonds. The Bertz CT molecular complexity index is 451. The van der Waals surface area contributed by atoms with Gasteiger partial charge in [0.1, 0.15) is 5.75 Å². The number of amides is 1. The first-order valence-electron chi connectivity index (χ1n) is 6.84. The molecule has 0 spiro atoms. The number of nitrogens with zero attached hydrogens (tertiary/aromatic N) is 1. The zero-order chi connectivity index (χ0) is 15.3. The van der Waals surface area contributed by atoms with Gasteiger partial charge in [0, 0.05) is 20.0 Å². The number of hydrogen-bond acceptors (Lipinski definition) is 3. The summed E-state index contributed by atoms with van der Waals surface area (Å²) in [6, 6.07) is 7.74. The fourth-order valence-electron chi connectivity index (χ4n) is 2.27. The van der Waals surface area contributed by atoms with E-state index < -0.39 is 5.60 Å². The number of para-hydroxylation sites is 1. The molecule has 1 atom stereocenters. The molecule has 4 heteroatoms. The number of carbonyl (C=O) groups excluding carboxylic acids is 1. The molecule has 0 aliphatic carbocycles. The van der Waals surface area contributed by atoms with E-state index in [-0.39, 0.29) is 11.8 Å². The topological polar surface area (TPSA) is 49.8 Å². The highest BCUT2D eigenvalue weighted by atomic mass is 16.5. The molecule has 1 unspecified atom stereocenters. The van der Waals surface area contributed by atoms with Crippen molar-refractivity contribution in [3.63, 3.8) is 0 Å². The van der Waals surface area contributed by atoms with Gasteiger partial charge < -0.3 is 14.7 Å². The Morgan fingerprint density at radius 2 is 2.00 bits per heavy atom. The lowest BCUT2D eigenvalue weighted by Gasteiger charge is -2.26. The first-order chi connectivity index (χ1) is 9.24. The van der Waals surface area contributed by atoms with Crippen LogP contribution in [-0.2, 0) is 4.79 Å². The number of carbonyl (C=O) groups is 1. The highest BCUT2D eigenvalue weighted by molar-refractivity contribution is 5.77.